The van der Waals surface area contributed by atoms with Crippen LogP contribution in [0.15, 0.2) is 18.2 Å². The van der Waals surface area contributed by atoms with E-state index in [1.165, 1.54) is 0 Å². The van der Waals surface area contributed by atoms with Crippen LogP contribution in [0.1, 0.15) is 6.92 Å². The Labute approximate surface area is 146 Å². The molecule has 1 saturated heterocycles. The molecule has 0 radical (unpaired) electrons. The number of rotatable bonds is 4. The highest BCUT2D eigenvalue weighted by Crippen LogP contribution is 2.32. The minimum Gasteiger partial charge on any atom is -0.486 e. The maximum atomic E-state index is 12.3. The number of hydrogen-bond donors (Lipinski definition) is 2. The van der Waals surface area contributed by atoms with Crippen molar-refractivity contribution < 1.29 is 28.7 Å². The maximum absolute atomic E-state index is 12.3. The van der Waals surface area contributed by atoms with E-state index < -0.39 is 0 Å². The summed E-state index contributed by atoms with van der Waals surface area (Å²) in [4.78, 5) is 26.8. The maximum Gasteiger partial charge on any atom is 0.410 e. The molecule has 2 aliphatic heterocycles. The number of carbonyl (C=O) groups is 2. The Morgan fingerprint density at radius 1 is 1.20 bits per heavy atom. The Kier molecular flexibility index (Phi) is 5.60. The second-order valence-corrected chi connectivity index (χ2v) is 6.02. The van der Waals surface area contributed by atoms with Crippen LogP contribution in [0.2, 0.25) is 0 Å². The summed E-state index contributed by atoms with van der Waals surface area (Å²) in [6, 6.07) is 5.38. The lowest BCUT2D eigenvalue weighted by atomic mass is 10.2. The number of nitrogens with one attached hydrogen (secondary N) is 2. The van der Waals surface area contributed by atoms with Gasteiger partial charge in [0.15, 0.2) is 18.0 Å². The quantitative estimate of drug-likeness (QED) is 0.783. The van der Waals surface area contributed by atoms with Crippen LogP contribution in [0.5, 0.6) is 11.5 Å². The van der Waals surface area contributed by atoms with Crippen molar-refractivity contribution in [1.82, 2.24) is 4.90 Å². The van der Waals surface area contributed by atoms with E-state index >= 15 is 0 Å². The Balaban J connectivity index is 1.46. The number of carbonyl (C=O) groups excluding carboxylic acids is 2. The molecular formula is C17H24N3O5+. The van der Waals surface area contributed by atoms with Crippen LogP contribution < -0.4 is 19.7 Å². The van der Waals surface area contributed by atoms with Gasteiger partial charge in [-0.25, -0.2) is 4.79 Å². The van der Waals surface area contributed by atoms with Gasteiger partial charge in [0.05, 0.1) is 32.8 Å². The zero-order chi connectivity index (χ0) is 17.6. The third-order valence-corrected chi connectivity index (χ3v) is 4.23. The van der Waals surface area contributed by atoms with Crippen LogP contribution in [-0.4, -0.2) is 69.4 Å². The van der Waals surface area contributed by atoms with Gasteiger partial charge >= 0.3 is 6.09 Å². The van der Waals surface area contributed by atoms with Crippen LogP contribution in [0.4, 0.5) is 10.5 Å². The molecule has 3 rings (SSSR count). The van der Waals surface area contributed by atoms with E-state index in [0.29, 0.717) is 56.6 Å². The summed E-state index contributed by atoms with van der Waals surface area (Å²) in [5.41, 5.74) is 0.693. The van der Waals surface area contributed by atoms with E-state index in [0.717, 1.165) is 18.0 Å². The third kappa shape index (κ3) is 4.54. The number of amides is 2. The molecule has 0 unspecified atom stereocenters. The number of anilines is 1. The van der Waals surface area contributed by atoms with E-state index in [-0.39, 0.29) is 12.0 Å². The first-order valence-electron chi connectivity index (χ1n) is 8.60. The predicted molar refractivity (Wildman–Crippen MR) is 90.2 cm³/mol. The summed E-state index contributed by atoms with van der Waals surface area (Å²) < 4.78 is 16.0. The first kappa shape index (κ1) is 17.3. The van der Waals surface area contributed by atoms with Crippen molar-refractivity contribution in [1.29, 1.82) is 0 Å². The number of ether oxygens (including phenoxy) is 3. The molecule has 0 saturated carbocycles. The van der Waals surface area contributed by atoms with E-state index in [2.05, 4.69) is 5.32 Å². The Hall–Kier alpha value is -2.48. The molecule has 0 aliphatic carbocycles. The molecule has 0 aromatic heterocycles. The van der Waals surface area contributed by atoms with Crippen molar-refractivity contribution in [3.8, 4) is 11.5 Å². The highest BCUT2D eigenvalue weighted by Gasteiger charge is 2.26. The monoisotopic (exact) mass is 350 g/mol. The predicted octanol–water partition coefficient (Wildman–Crippen LogP) is -0.247. The van der Waals surface area contributed by atoms with Gasteiger partial charge in [-0.1, -0.05) is 0 Å². The minimum atomic E-state index is -0.276. The fourth-order valence-corrected chi connectivity index (χ4v) is 2.95. The molecular weight excluding hydrogens is 326 g/mol. The van der Waals surface area contributed by atoms with Crippen LogP contribution in [0, 0.1) is 0 Å². The zero-order valence-electron chi connectivity index (χ0n) is 14.4. The van der Waals surface area contributed by atoms with E-state index in [9.17, 15) is 9.59 Å². The lowest BCUT2D eigenvalue weighted by Crippen LogP contribution is -3.15. The van der Waals surface area contributed by atoms with E-state index in [1.807, 2.05) is 0 Å². The summed E-state index contributed by atoms with van der Waals surface area (Å²) in [6.07, 6.45) is -0.276. The fourth-order valence-electron chi connectivity index (χ4n) is 2.95. The molecule has 2 N–H and O–H groups in total. The second kappa shape index (κ2) is 8.06. The number of piperazine rings is 1. The summed E-state index contributed by atoms with van der Waals surface area (Å²) in [5, 5.41) is 2.89. The zero-order valence-corrected chi connectivity index (χ0v) is 14.4. The molecule has 136 valence electrons. The molecule has 1 aromatic rings. The number of nitrogens with zero attached hydrogens (tertiary/aromatic N) is 1. The van der Waals surface area contributed by atoms with Crippen LogP contribution in [-0.2, 0) is 9.53 Å². The number of benzene rings is 1. The topological polar surface area (TPSA) is 81.5 Å². The first-order chi connectivity index (χ1) is 12.2. The van der Waals surface area contributed by atoms with Gasteiger partial charge in [-0.3, -0.25) is 9.69 Å². The molecule has 2 amide bonds. The lowest BCUT2D eigenvalue weighted by Gasteiger charge is -2.31. The van der Waals surface area contributed by atoms with Gasteiger partial charge in [0.2, 0.25) is 0 Å². The Bertz CT molecular complexity index is 629. The first-order valence-corrected chi connectivity index (χ1v) is 8.60. The number of quaternary nitrogens is 1. The van der Waals surface area contributed by atoms with Gasteiger partial charge in [0.1, 0.15) is 13.2 Å². The van der Waals surface area contributed by atoms with Crippen LogP contribution in [0.25, 0.3) is 0 Å². The molecule has 2 aliphatic rings. The molecule has 25 heavy (non-hydrogen) atoms. The van der Waals surface area contributed by atoms with E-state index in [4.69, 9.17) is 14.2 Å². The van der Waals surface area contributed by atoms with Crippen LogP contribution >= 0.6 is 0 Å². The third-order valence-electron chi connectivity index (χ3n) is 4.23. The normalized spacial score (nSPS) is 17.1. The van der Waals surface area contributed by atoms with Crippen molar-refractivity contribution in [3.63, 3.8) is 0 Å². The largest absolute Gasteiger partial charge is 0.486 e. The highest BCUT2D eigenvalue weighted by molar-refractivity contribution is 5.91. The Morgan fingerprint density at radius 3 is 2.64 bits per heavy atom. The SMILES string of the molecule is CCOC(=O)N1CC[NH+](CC(=O)Nc2ccc3c(c2)OCCO3)CC1. The van der Waals surface area contributed by atoms with Crippen LogP contribution in [0.3, 0.4) is 0 Å². The standard InChI is InChI=1S/C17H23N3O5/c1-2-23-17(22)20-7-5-19(6-8-20)12-16(21)18-13-3-4-14-15(11-13)25-10-9-24-14/h3-4,11H,2,5-10,12H2,1H3,(H,18,21)/p+1. The van der Waals surface area contributed by atoms with Gasteiger partial charge in [0.25, 0.3) is 5.91 Å². The van der Waals surface area contributed by atoms with Gasteiger partial charge in [0, 0.05) is 11.8 Å². The molecule has 1 fully saturated rings. The molecule has 8 nitrogen and oxygen atoms in total. The summed E-state index contributed by atoms with van der Waals surface area (Å²) in [5.74, 6) is 1.29. The molecule has 0 atom stereocenters. The van der Waals surface area contributed by atoms with Gasteiger partial charge in [-0.2, -0.15) is 0 Å². The number of fused-ring (bicyclic) bond motifs is 1. The molecule has 0 spiro atoms. The van der Waals surface area contributed by atoms with Crippen molar-refractivity contribution in [2.45, 2.75) is 6.92 Å². The number of hydrogen-bond acceptors (Lipinski definition) is 5. The summed E-state index contributed by atoms with van der Waals surface area (Å²) in [6.45, 7) is 6.26. The van der Waals surface area contributed by atoms with Gasteiger partial charge < -0.3 is 24.4 Å². The average Bonchev–Trinajstić information content (AvgIpc) is 2.62. The molecule has 0 bridgehead atoms. The minimum absolute atomic E-state index is 0.0590. The fraction of sp³-hybridized carbons (Fsp3) is 0.529. The van der Waals surface area contributed by atoms with Gasteiger partial charge in [-0.15, -0.1) is 0 Å². The smallest absolute Gasteiger partial charge is 0.410 e. The summed E-state index contributed by atoms with van der Waals surface area (Å²) in [7, 11) is 0. The lowest BCUT2D eigenvalue weighted by molar-refractivity contribution is -0.895. The average molecular weight is 350 g/mol. The molecule has 8 heteroatoms. The van der Waals surface area contributed by atoms with Crippen molar-refractivity contribution in [3.05, 3.63) is 18.2 Å². The van der Waals surface area contributed by atoms with Gasteiger partial charge in [-0.05, 0) is 19.1 Å². The second-order valence-electron chi connectivity index (χ2n) is 6.02. The van der Waals surface area contributed by atoms with Crippen molar-refractivity contribution >= 4 is 17.7 Å². The highest BCUT2D eigenvalue weighted by atomic mass is 16.6. The summed E-state index contributed by atoms with van der Waals surface area (Å²) >= 11 is 0. The van der Waals surface area contributed by atoms with E-state index in [1.54, 1.807) is 30.0 Å². The molecule has 1 aromatic carbocycles. The van der Waals surface area contributed by atoms with Crippen molar-refractivity contribution in [2.75, 3.05) is 57.9 Å². The molecule has 2 heterocycles. The van der Waals surface area contributed by atoms with Crippen molar-refractivity contribution in [2.24, 2.45) is 0 Å². The Morgan fingerprint density at radius 2 is 1.92 bits per heavy atom.